The van der Waals surface area contributed by atoms with Crippen LogP contribution in [0, 0.1) is 5.82 Å². The van der Waals surface area contributed by atoms with Crippen LogP contribution in [0.5, 0.6) is 5.88 Å². The highest BCUT2D eigenvalue weighted by Crippen LogP contribution is 2.23. The summed E-state index contributed by atoms with van der Waals surface area (Å²) in [5, 5.41) is 7.58. The fraction of sp³-hybridized carbons (Fsp3) is 0.333. The molecule has 0 unspecified atom stereocenters. The predicted molar refractivity (Wildman–Crippen MR) is 80.8 cm³/mol. The molecule has 0 radical (unpaired) electrons. The molecular weight excluding hydrogens is 321 g/mol. The monoisotopic (exact) mass is 337 g/mol. The number of ether oxygens (including phenoxy) is 1. The number of nitrogens with zero attached hydrogens (tertiary/aromatic N) is 3. The number of piperidine rings is 1. The summed E-state index contributed by atoms with van der Waals surface area (Å²) in [6.45, 7) is 0.649. The van der Waals surface area contributed by atoms with Crippen molar-refractivity contribution in [3.63, 3.8) is 0 Å². The van der Waals surface area contributed by atoms with Gasteiger partial charge in [-0.05, 0) is 43.2 Å². The molecule has 0 aliphatic carbocycles. The van der Waals surface area contributed by atoms with Gasteiger partial charge in [0.05, 0.1) is 11.4 Å². The van der Waals surface area contributed by atoms with E-state index in [1.54, 1.807) is 18.3 Å². The average Bonchev–Trinajstić information content (AvgIpc) is 2.56. The van der Waals surface area contributed by atoms with Crippen LogP contribution >= 0.6 is 0 Å². The van der Waals surface area contributed by atoms with Crippen LogP contribution in [0.25, 0.3) is 0 Å². The van der Waals surface area contributed by atoms with Crippen LogP contribution in [0.15, 0.2) is 47.5 Å². The Bertz CT molecular complexity index is 753. The third-order valence-electron chi connectivity index (χ3n) is 3.63. The highest BCUT2D eigenvalue weighted by Gasteiger charge is 2.31. The SMILES string of the molecule is O=S(=O)(c1ccc(F)cc1)N1CCC[C@@H](Oc2cccnn2)C1. The molecule has 23 heavy (non-hydrogen) atoms. The third kappa shape index (κ3) is 3.65. The van der Waals surface area contributed by atoms with Gasteiger partial charge < -0.3 is 4.74 Å². The average molecular weight is 337 g/mol. The fourth-order valence-electron chi connectivity index (χ4n) is 2.50. The lowest BCUT2D eigenvalue weighted by atomic mass is 10.1. The van der Waals surface area contributed by atoms with E-state index in [9.17, 15) is 12.8 Å². The molecule has 0 saturated carbocycles. The maximum Gasteiger partial charge on any atom is 0.243 e. The second kappa shape index (κ2) is 6.59. The van der Waals surface area contributed by atoms with Crippen LogP contribution in [0.4, 0.5) is 4.39 Å². The number of benzene rings is 1. The van der Waals surface area contributed by atoms with E-state index < -0.39 is 15.8 Å². The van der Waals surface area contributed by atoms with Crippen molar-refractivity contribution < 1.29 is 17.5 Å². The van der Waals surface area contributed by atoms with Crippen LogP contribution < -0.4 is 4.74 Å². The molecule has 1 aliphatic rings. The van der Waals surface area contributed by atoms with Crippen LogP contribution in [0.2, 0.25) is 0 Å². The van der Waals surface area contributed by atoms with Gasteiger partial charge in [-0.3, -0.25) is 0 Å². The molecule has 6 nitrogen and oxygen atoms in total. The summed E-state index contributed by atoms with van der Waals surface area (Å²) in [5.41, 5.74) is 0. The maximum atomic E-state index is 13.0. The first-order chi connectivity index (χ1) is 11.1. The lowest BCUT2D eigenvalue weighted by Gasteiger charge is -2.31. The highest BCUT2D eigenvalue weighted by atomic mass is 32.2. The van der Waals surface area contributed by atoms with Crippen molar-refractivity contribution in [3.8, 4) is 5.88 Å². The van der Waals surface area contributed by atoms with Gasteiger partial charge in [-0.15, -0.1) is 5.10 Å². The second-order valence-corrected chi connectivity index (χ2v) is 7.20. The van der Waals surface area contributed by atoms with Gasteiger partial charge in [0.2, 0.25) is 15.9 Å². The van der Waals surface area contributed by atoms with Gasteiger partial charge >= 0.3 is 0 Å². The summed E-state index contributed by atoms with van der Waals surface area (Å²) in [5.74, 6) is -0.0926. The largest absolute Gasteiger partial charge is 0.472 e. The van der Waals surface area contributed by atoms with Gasteiger partial charge in [-0.2, -0.15) is 9.40 Å². The minimum absolute atomic E-state index is 0.0825. The van der Waals surface area contributed by atoms with Gasteiger partial charge in [-0.25, -0.2) is 12.8 Å². The molecule has 1 saturated heterocycles. The van der Waals surface area contributed by atoms with Crippen LogP contribution in [0.3, 0.4) is 0 Å². The number of rotatable bonds is 4. The molecule has 0 N–H and O–H groups in total. The molecule has 1 fully saturated rings. The molecule has 3 rings (SSSR count). The van der Waals surface area contributed by atoms with Crippen molar-refractivity contribution in [2.24, 2.45) is 0 Å². The van der Waals surface area contributed by atoms with Crippen molar-refractivity contribution in [1.82, 2.24) is 14.5 Å². The predicted octanol–water partition coefficient (Wildman–Crippen LogP) is 1.85. The van der Waals surface area contributed by atoms with Gasteiger partial charge in [-0.1, -0.05) is 0 Å². The van der Waals surface area contributed by atoms with E-state index in [1.807, 2.05) is 0 Å². The molecule has 1 atom stereocenters. The number of halogens is 1. The molecule has 8 heteroatoms. The first kappa shape index (κ1) is 15.8. The molecule has 1 aliphatic heterocycles. The van der Waals surface area contributed by atoms with Crippen molar-refractivity contribution in [2.75, 3.05) is 13.1 Å². The molecule has 2 aromatic rings. The first-order valence-corrected chi connectivity index (χ1v) is 8.70. The zero-order valence-electron chi connectivity index (χ0n) is 12.3. The number of hydrogen-bond acceptors (Lipinski definition) is 5. The molecule has 1 aromatic carbocycles. The molecular formula is C15H16FN3O3S. The smallest absolute Gasteiger partial charge is 0.243 e. The van der Waals surface area contributed by atoms with E-state index in [0.29, 0.717) is 18.8 Å². The Morgan fingerprint density at radius 1 is 1.22 bits per heavy atom. The van der Waals surface area contributed by atoms with E-state index >= 15 is 0 Å². The lowest BCUT2D eigenvalue weighted by molar-refractivity contribution is 0.123. The second-order valence-electron chi connectivity index (χ2n) is 5.26. The first-order valence-electron chi connectivity index (χ1n) is 7.26. The van der Waals surface area contributed by atoms with Gasteiger partial charge in [0, 0.05) is 18.8 Å². The Morgan fingerprint density at radius 2 is 2.00 bits per heavy atom. The van der Waals surface area contributed by atoms with Crippen molar-refractivity contribution in [1.29, 1.82) is 0 Å². The van der Waals surface area contributed by atoms with Gasteiger partial charge in [0.1, 0.15) is 11.9 Å². The van der Waals surface area contributed by atoms with Crippen molar-refractivity contribution >= 4 is 10.0 Å². The summed E-state index contributed by atoms with van der Waals surface area (Å²) in [7, 11) is -3.65. The van der Waals surface area contributed by atoms with Crippen LogP contribution in [-0.2, 0) is 10.0 Å². The number of hydrogen-bond donors (Lipinski definition) is 0. The topological polar surface area (TPSA) is 72.4 Å². The Balaban J connectivity index is 1.74. The Morgan fingerprint density at radius 3 is 2.70 bits per heavy atom. The Labute approximate surface area is 134 Å². The summed E-state index contributed by atoms with van der Waals surface area (Å²) in [6, 6.07) is 8.23. The van der Waals surface area contributed by atoms with Crippen LogP contribution in [0.1, 0.15) is 12.8 Å². The van der Waals surface area contributed by atoms with Crippen molar-refractivity contribution in [3.05, 3.63) is 48.4 Å². The normalized spacial score (nSPS) is 19.4. The highest BCUT2D eigenvalue weighted by molar-refractivity contribution is 7.89. The molecule has 122 valence electrons. The van der Waals surface area contributed by atoms with Gasteiger partial charge in [0.25, 0.3) is 0 Å². The zero-order valence-corrected chi connectivity index (χ0v) is 13.1. The van der Waals surface area contributed by atoms with Crippen LogP contribution in [-0.4, -0.2) is 42.1 Å². The van der Waals surface area contributed by atoms with E-state index in [-0.39, 0.29) is 17.5 Å². The summed E-state index contributed by atoms with van der Waals surface area (Å²) in [4.78, 5) is 0.0825. The molecule has 0 bridgehead atoms. The standard InChI is InChI=1S/C15H16FN3O3S/c16-12-5-7-14(8-6-12)23(20,21)19-10-2-3-13(11-19)22-15-4-1-9-17-18-15/h1,4-9,13H,2-3,10-11H2/t13-/m1/s1. The van der Waals surface area contributed by atoms with Crippen molar-refractivity contribution in [2.45, 2.75) is 23.8 Å². The lowest BCUT2D eigenvalue weighted by Crippen LogP contribution is -2.44. The zero-order chi connectivity index (χ0) is 16.3. The van der Waals surface area contributed by atoms with E-state index in [2.05, 4.69) is 10.2 Å². The Hall–Kier alpha value is -2.06. The minimum atomic E-state index is -3.65. The fourth-order valence-corrected chi connectivity index (χ4v) is 4.01. The maximum absolute atomic E-state index is 13.0. The third-order valence-corrected chi connectivity index (χ3v) is 5.51. The molecule has 0 spiro atoms. The van der Waals surface area contributed by atoms with Gasteiger partial charge in [0.15, 0.2) is 0 Å². The molecule has 2 heterocycles. The minimum Gasteiger partial charge on any atom is -0.472 e. The summed E-state index contributed by atoms with van der Waals surface area (Å²) < 4.78 is 45.3. The summed E-state index contributed by atoms with van der Waals surface area (Å²) in [6.07, 6.45) is 2.69. The number of sulfonamides is 1. The van der Waals surface area contributed by atoms with E-state index in [4.69, 9.17) is 4.74 Å². The quantitative estimate of drug-likeness (QED) is 0.851. The Kier molecular flexibility index (Phi) is 4.53. The molecule has 1 aromatic heterocycles. The summed E-state index contributed by atoms with van der Waals surface area (Å²) >= 11 is 0. The van der Waals surface area contributed by atoms with E-state index in [0.717, 1.165) is 18.6 Å². The number of aromatic nitrogens is 2. The van der Waals surface area contributed by atoms with E-state index in [1.165, 1.54) is 16.4 Å². The molecule has 0 amide bonds.